The molecule has 4 rings (SSSR count). The topological polar surface area (TPSA) is 84.5 Å². The van der Waals surface area contributed by atoms with Crippen molar-refractivity contribution < 1.29 is 0 Å². The Morgan fingerprint density at radius 1 is 0.889 bits per heavy atom. The Morgan fingerprint density at radius 2 is 1.70 bits per heavy atom. The normalized spacial score (nSPS) is 10.3. The summed E-state index contributed by atoms with van der Waals surface area (Å²) in [5.41, 5.74) is 3.01. The minimum Gasteiger partial charge on any atom is -0.267 e. The molecule has 3 aromatic heterocycles. The van der Waals surface area contributed by atoms with E-state index in [1.165, 1.54) is 10.9 Å². The van der Waals surface area contributed by atoms with Gasteiger partial charge in [0, 0.05) is 6.20 Å². The molecule has 0 radical (unpaired) electrons. The molecule has 0 saturated carbocycles. The van der Waals surface area contributed by atoms with Crippen LogP contribution in [0.15, 0.2) is 83.9 Å². The molecular weight excluding hydrogens is 338 g/mol. The number of hydrogen-bond acceptors (Lipinski definition) is 5. The highest BCUT2D eigenvalue weighted by molar-refractivity contribution is 5.68. The Hall–Kier alpha value is -4.11. The molecule has 6 heteroatoms. The number of hydrogen-bond donors (Lipinski definition) is 0. The van der Waals surface area contributed by atoms with Gasteiger partial charge in [-0.3, -0.25) is 9.78 Å². The van der Waals surface area contributed by atoms with Crippen LogP contribution in [0.1, 0.15) is 5.69 Å². The Balaban J connectivity index is 1.97. The van der Waals surface area contributed by atoms with Crippen molar-refractivity contribution in [2.45, 2.75) is 0 Å². The lowest BCUT2D eigenvalue weighted by Gasteiger charge is -2.10. The highest BCUT2D eigenvalue weighted by Gasteiger charge is 2.14. The van der Waals surface area contributed by atoms with Crippen molar-refractivity contribution >= 4 is 0 Å². The van der Waals surface area contributed by atoms with Crippen molar-refractivity contribution in [1.82, 2.24) is 19.7 Å². The van der Waals surface area contributed by atoms with Gasteiger partial charge < -0.3 is 0 Å². The molecule has 3 heterocycles. The number of nitrogens with zero attached hydrogens (tertiary/aromatic N) is 5. The molecule has 0 aliphatic carbocycles. The predicted octanol–water partition coefficient (Wildman–Crippen LogP) is 3.23. The molecule has 128 valence electrons. The van der Waals surface area contributed by atoms with E-state index in [0.717, 1.165) is 5.56 Å². The zero-order valence-corrected chi connectivity index (χ0v) is 14.1. The summed E-state index contributed by atoms with van der Waals surface area (Å²) < 4.78 is 1.29. The third kappa shape index (κ3) is 3.22. The van der Waals surface area contributed by atoms with Crippen LogP contribution < -0.4 is 5.56 Å². The lowest BCUT2D eigenvalue weighted by Crippen LogP contribution is -2.23. The number of pyridine rings is 2. The molecule has 0 N–H and O–H groups in total. The smallest absolute Gasteiger partial charge is 0.267 e. The third-order valence-electron chi connectivity index (χ3n) is 4.03. The number of nitriles is 1. The van der Waals surface area contributed by atoms with Crippen LogP contribution in [0.2, 0.25) is 0 Å². The second kappa shape index (κ2) is 7.02. The summed E-state index contributed by atoms with van der Waals surface area (Å²) in [5, 5.41) is 13.4. The molecule has 0 fully saturated rings. The summed E-state index contributed by atoms with van der Waals surface area (Å²) >= 11 is 0. The molecule has 0 saturated heterocycles. The van der Waals surface area contributed by atoms with Gasteiger partial charge in [0.2, 0.25) is 0 Å². The first-order valence-corrected chi connectivity index (χ1v) is 8.24. The van der Waals surface area contributed by atoms with Crippen molar-refractivity contribution in [1.29, 1.82) is 5.26 Å². The molecule has 0 bridgehead atoms. The average Bonchev–Trinajstić information content (AvgIpc) is 2.75. The standard InChI is InChI=1S/C21H13N5O/c22-13-16-9-10-17(14-24-16)26-21(27)18(15-6-2-1-3-7-15)12-20(25-26)19-8-4-5-11-23-19/h1-12,14H. The van der Waals surface area contributed by atoms with Gasteiger partial charge in [-0.2, -0.15) is 15.0 Å². The molecule has 0 aliphatic rings. The molecule has 0 atom stereocenters. The van der Waals surface area contributed by atoms with Gasteiger partial charge in [-0.15, -0.1) is 0 Å². The lowest BCUT2D eigenvalue weighted by atomic mass is 10.1. The van der Waals surface area contributed by atoms with Gasteiger partial charge >= 0.3 is 0 Å². The molecule has 4 aromatic rings. The first-order valence-electron chi connectivity index (χ1n) is 8.24. The Kier molecular flexibility index (Phi) is 4.25. The van der Waals surface area contributed by atoms with Gasteiger partial charge in [-0.05, 0) is 35.9 Å². The second-order valence-electron chi connectivity index (χ2n) is 5.75. The van der Waals surface area contributed by atoms with Gasteiger partial charge in [0.25, 0.3) is 5.56 Å². The first-order chi connectivity index (χ1) is 13.3. The minimum absolute atomic E-state index is 0.271. The highest BCUT2D eigenvalue weighted by Crippen LogP contribution is 2.21. The van der Waals surface area contributed by atoms with E-state index >= 15 is 0 Å². The largest absolute Gasteiger partial charge is 0.279 e. The fraction of sp³-hybridized carbons (Fsp3) is 0. The molecule has 0 spiro atoms. The van der Waals surface area contributed by atoms with E-state index in [0.29, 0.717) is 22.6 Å². The average molecular weight is 351 g/mol. The van der Waals surface area contributed by atoms with Crippen LogP contribution in [0.3, 0.4) is 0 Å². The lowest BCUT2D eigenvalue weighted by molar-refractivity contribution is 0.808. The third-order valence-corrected chi connectivity index (χ3v) is 4.03. The van der Waals surface area contributed by atoms with Crippen LogP contribution in [-0.2, 0) is 0 Å². The van der Waals surface area contributed by atoms with E-state index in [1.807, 2.05) is 54.6 Å². The summed E-state index contributed by atoms with van der Waals surface area (Å²) in [6.45, 7) is 0. The molecule has 0 amide bonds. The maximum Gasteiger partial charge on any atom is 0.279 e. The van der Waals surface area contributed by atoms with Crippen molar-refractivity contribution in [3.8, 4) is 34.3 Å². The van der Waals surface area contributed by atoms with Crippen LogP contribution in [0, 0.1) is 11.3 Å². The SMILES string of the molecule is N#Cc1ccc(-n2nc(-c3ccccn3)cc(-c3ccccc3)c2=O)cn1. The van der Waals surface area contributed by atoms with Crippen LogP contribution >= 0.6 is 0 Å². The van der Waals surface area contributed by atoms with Crippen LogP contribution in [0.25, 0.3) is 28.2 Å². The van der Waals surface area contributed by atoms with Gasteiger partial charge in [-0.1, -0.05) is 36.4 Å². The fourth-order valence-corrected chi connectivity index (χ4v) is 2.71. The summed E-state index contributed by atoms with van der Waals surface area (Å²) in [4.78, 5) is 21.5. The van der Waals surface area contributed by atoms with Gasteiger partial charge in [0.05, 0.1) is 23.1 Å². The maximum atomic E-state index is 13.1. The number of aromatic nitrogens is 4. The summed E-state index contributed by atoms with van der Waals surface area (Å²) in [6.07, 6.45) is 3.14. The summed E-state index contributed by atoms with van der Waals surface area (Å²) in [6, 6.07) is 21.8. The molecule has 1 aromatic carbocycles. The van der Waals surface area contributed by atoms with Crippen molar-refractivity contribution in [2.24, 2.45) is 0 Å². The van der Waals surface area contributed by atoms with Gasteiger partial charge in [0.1, 0.15) is 17.5 Å². The first kappa shape index (κ1) is 16.4. The van der Waals surface area contributed by atoms with E-state index in [2.05, 4.69) is 15.1 Å². The number of benzene rings is 1. The summed E-state index contributed by atoms with van der Waals surface area (Å²) in [5.74, 6) is 0. The minimum atomic E-state index is -0.271. The van der Waals surface area contributed by atoms with E-state index in [9.17, 15) is 4.79 Å². The fourth-order valence-electron chi connectivity index (χ4n) is 2.71. The Morgan fingerprint density at radius 3 is 2.37 bits per heavy atom. The zero-order chi connectivity index (χ0) is 18.6. The van der Waals surface area contributed by atoms with Crippen LogP contribution in [-0.4, -0.2) is 19.7 Å². The summed E-state index contributed by atoms with van der Waals surface area (Å²) in [7, 11) is 0. The van der Waals surface area contributed by atoms with E-state index in [1.54, 1.807) is 24.4 Å². The van der Waals surface area contributed by atoms with E-state index in [-0.39, 0.29) is 11.3 Å². The quantitative estimate of drug-likeness (QED) is 0.566. The van der Waals surface area contributed by atoms with Gasteiger partial charge in [0.15, 0.2) is 0 Å². The second-order valence-corrected chi connectivity index (χ2v) is 5.75. The Bertz CT molecular complexity index is 1180. The zero-order valence-electron chi connectivity index (χ0n) is 14.1. The molecule has 27 heavy (non-hydrogen) atoms. The molecule has 0 unspecified atom stereocenters. The van der Waals surface area contributed by atoms with E-state index in [4.69, 9.17) is 5.26 Å². The predicted molar refractivity (Wildman–Crippen MR) is 101 cm³/mol. The van der Waals surface area contributed by atoms with Crippen LogP contribution in [0.5, 0.6) is 0 Å². The van der Waals surface area contributed by atoms with Crippen molar-refractivity contribution in [3.05, 3.63) is 95.2 Å². The van der Waals surface area contributed by atoms with E-state index < -0.39 is 0 Å². The monoisotopic (exact) mass is 351 g/mol. The van der Waals surface area contributed by atoms with Gasteiger partial charge in [-0.25, -0.2) is 4.98 Å². The van der Waals surface area contributed by atoms with Crippen molar-refractivity contribution in [2.75, 3.05) is 0 Å². The molecular formula is C21H13N5O. The highest BCUT2D eigenvalue weighted by atomic mass is 16.1. The molecule has 0 aliphatic heterocycles. The van der Waals surface area contributed by atoms with Crippen LogP contribution in [0.4, 0.5) is 0 Å². The molecule has 6 nitrogen and oxygen atoms in total. The number of rotatable bonds is 3. The Labute approximate surface area is 155 Å². The van der Waals surface area contributed by atoms with Crippen molar-refractivity contribution in [3.63, 3.8) is 0 Å². The maximum absolute atomic E-state index is 13.1.